The molecule has 0 amide bonds. The molecule has 8 nitrogen and oxygen atoms in total. The third-order valence-electron chi connectivity index (χ3n) is 3.90. The Balaban J connectivity index is 2.10. The molecule has 0 unspecified atom stereocenters. The van der Waals surface area contributed by atoms with E-state index in [4.69, 9.17) is 4.74 Å². The van der Waals surface area contributed by atoms with Gasteiger partial charge in [-0.25, -0.2) is 13.2 Å². The zero-order chi connectivity index (χ0) is 18.4. The predicted octanol–water partition coefficient (Wildman–Crippen LogP) is 0.343. The lowest BCUT2D eigenvalue weighted by atomic mass is 10.2. The molecule has 1 fully saturated rings. The van der Waals surface area contributed by atoms with E-state index in [1.165, 1.54) is 23.5 Å². The number of ether oxygens (including phenoxy) is 2. The summed E-state index contributed by atoms with van der Waals surface area (Å²) in [7, 11) is -2.61. The van der Waals surface area contributed by atoms with E-state index in [-0.39, 0.29) is 36.1 Å². The summed E-state index contributed by atoms with van der Waals surface area (Å²) in [6.07, 6.45) is 0. The van der Waals surface area contributed by atoms with Gasteiger partial charge in [0.1, 0.15) is 0 Å². The maximum Gasteiger partial charge on any atom is 0.339 e. The molecule has 0 bridgehead atoms. The first-order chi connectivity index (χ1) is 11.9. The molecule has 1 heterocycles. The van der Waals surface area contributed by atoms with Crippen LogP contribution in [0.2, 0.25) is 0 Å². The molecule has 1 aromatic carbocycles. The van der Waals surface area contributed by atoms with Crippen LogP contribution in [0.15, 0.2) is 29.2 Å². The first kappa shape index (κ1) is 19.4. The molecular formula is C16H22N2O6S. The van der Waals surface area contributed by atoms with Gasteiger partial charge in [-0.15, -0.1) is 0 Å². The van der Waals surface area contributed by atoms with Gasteiger partial charge in [-0.05, 0) is 19.1 Å². The molecule has 0 aliphatic carbocycles. The molecule has 1 aromatic rings. The minimum absolute atomic E-state index is 0.0129. The highest BCUT2D eigenvalue weighted by Crippen LogP contribution is 2.22. The van der Waals surface area contributed by atoms with Gasteiger partial charge in [-0.1, -0.05) is 12.1 Å². The van der Waals surface area contributed by atoms with Gasteiger partial charge in [0.2, 0.25) is 10.0 Å². The monoisotopic (exact) mass is 370 g/mol. The van der Waals surface area contributed by atoms with Crippen LogP contribution in [0.1, 0.15) is 17.3 Å². The van der Waals surface area contributed by atoms with Gasteiger partial charge < -0.3 is 9.47 Å². The van der Waals surface area contributed by atoms with Gasteiger partial charge in [-0.2, -0.15) is 4.31 Å². The summed E-state index contributed by atoms with van der Waals surface area (Å²) >= 11 is 0. The highest BCUT2D eigenvalue weighted by molar-refractivity contribution is 7.89. The van der Waals surface area contributed by atoms with E-state index >= 15 is 0 Å². The summed E-state index contributed by atoms with van der Waals surface area (Å²) in [6.45, 7) is 3.49. The van der Waals surface area contributed by atoms with E-state index in [2.05, 4.69) is 4.74 Å². The fraction of sp³-hybridized carbons (Fsp3) is 0.500. The molecular weight excluding hydrogens is 348 g/mol. The first-order valence-electron chi connectivity index (χ1n) is 7.95. The molecule has 0 N–H and O–H groups in total. The zero-order valence-electron chi connectivity index (χ0n) is 14.3. The minimum atomic E-state index is -3.82. The summed E-state index contributed by atoms with van der Waals surface area (Å²) in [6, 6.07) is 5.97. The number of rotatable bonds is 6. The standard InChI is InChI=1S/C16H22N2O6S/c1-3-24-15(19)12-17-8-10-18(11-9-17)25(21,22)14-7-5-4-6-13(14)16(20)23-2/h4-7H,3,8-12H2,1-2H3. The molecule has 0 saturated carbocycles. The SMILES string of the molecule is CCOC(=O)CN1CCN(S(=O)(=O)c2ccccc2C(=O)OC)CC1. The number of hydrogen-bond acceptors (Lipinski definition) is 7. The van der Waals surface area contributed by atoms with Crippen LogP contribution in [-0.4, -0.2) is 76.0 Å². The van der Waals surface area contributed by atoms with Crippen LogP contribution in [0.3, 0.4) is 0 Å². The number of benzene rings is 1. The van der Waals surface area contributed by atoms with E-state index in [0.717, 1.165) is 0 Å². The predicted molar refractivity (Wildman–Crippen MR) is 89.6 cm³/mol. The van der Waals surface area contributed by atoms with Gasteiger partial charge in [-0.3, -0.25) is 9.69 Å². The summed E-state index contributed by atoms with van der Waals surface area (Å²) in [4.78, 5) is 25.1. The third-order valence-corrected chi connectivity index (χ3v) is 5.86. The van der Waals surface area contributed by atoms with Crippen molar-refractivity contribution in [3.8, 4) is 0 Å². The molecule has 1 aliphatic rings. The van der Waals surface area contributed by atoms with Gasteiger partial charge >= 0.3 is 11.9 Å². The Bertz CT molecular complexity index is 726. The Kier molecular flexibility index (Phi) is 6.51. The first-order valence-corrected chi connectivity index (χ1v) is 9.39. The normalized spacial score (nSPS) is 16.4. The maximum atomic E-state index is 12.9. The quantitative estimate of drug-likeness (QED) is 0.667. The number of piperazine rings is 1. The van der Waals surface area contributed by atoms with E-state index < -0.39 is 16.0 Å². The van der Waals surface area contributed by atoms with E-state index in [1.807, 2.05) is 4.90 Å². The molecule has 1 saturated heterocycles. The number of carbonyl (C=O) groups is 2. The van der Waals surface area contributed by atoms with E-state index in [1.54, 1.807) is 19.1 Å². The topological polar surface area (TPSA) is 93.2 Å². The van der Waals surface area contributed by atoms with Crippen molar-refractivity contribution in [1.29, 1.82) is 0 Å². The van der Waals surface area contributed by atoms with Crippen molar-refractivity contribution in [3.63, 3.8) is 0 Å². The van der Waals surface area contributed by atoms with Gasteiger partial charge in [0, 0.05) is 26.2 Å². The van der Waals surface area contributed by atoms with Crippen LogP contribution in [0.5, 0.6) is 0 Å². The molecule has 0 atom stereocenters. The number of nitrogens with zero attached hydrogens (tertiary/aromatic N) is 2. The van der Waals surface area contributed by atoms with Crippen LogP contribution in [0.4, 0.5) is 0 Å². The molecule has 2 rings (SSSR count). The molecule has 0 spiro atoms. The largest absolute Gasteiger partial charge is 0.465 e. The highest BCUT2D eigenvalue weighted by atomic mass is 32.2. The van der Waals surface area contributed by atoms with Crippen LogP contribution < -0.4 is 0 Å². The lowest BCUT2D eigenvalue weighted by Crippen LogP contribution is -2.50. The Morgan fingerprint density at radius 2 is 1.76 bits per heavy atom. The number of esters is 2. The van der Waals surface area contributed by atoms with Crippen LogP contribution >= 0.6 is 0 Å². The Morgan fingerprint density at radius 1 is 1.12 bits per heavy atom. The fourth-order valence-corrected chi connectivity index (χ4v) is 4.23. The average Bonchev–Trinajstić information content (AvgIpc) is 2.61. The number of carbonyl (C=O) groups excluding carboxylic acids is 2. The molecule has 1 aliphatic heterocycles. The van der Waals surface area contributed by atoms with E-state index in [0.29, 0.717) is 19.7 Å². The van der Waals surface area contributed by atoms with Crippen LogP contribution in [0.25, 0.3) is 0 Å². The van der Waals surface area contributed by atoms with E-state index in [9.17, 15) is 18.0 Å². The van der Waals surface area contributed by atoms with Crippen molar-refractivity contribution >= 4 is 22.0 Å². The van der Waals surface area contributed by atoms with Crippen molar-refractivity contribution in [2.45, 2.75) is 11.8 Å². The lowest BCUT2D eigenvalue weighted by molar-refractivity contribution is -0.144. The second kappa shape index (κ2) is 8.41. The summed E-state index contributed by atoms with van der Waals surface area (Å²) in [5.74, 6) is -1.02. The molecule has 9 heteroatoms. The van der Waals surface area contributed by atoms with Gasteiger partial charge in [0.25, 0.3) is 0 Å². The lowest BCUT2D eigenvalue weighted by Gasteiger charge is -2.33. The van der Waals surface area contributed by atoms with Gasteiger partial charge in [0.05, 0.1) is 30.7 Å². The Morgan fingerprint density at radius 3 is 2.36 bits per heavy atom. The van der Waals surface area contributed by atoms with Crippen molar-refractivity contribution < 1.29 is 27.5 Å². The summed E-state index contributed by atoms with van der Waals surface area (Å²) < 4.78 is 36.6. The second-order valence-corrected chi connectivity index (χ2v) is 7.38. The van der Waals surface area contributed by atoms with Crippen molar-refractivity contribution in [2.24, 2.45) is 0 Å². The number of sulfonamides is 1. The maximum absolute atomic E-state index is 12.9. The molecule has 138 valence electrons. The smallest absolute Gasteiger partial charge is 0.339 e. The van der Waals surface area contributed by atoms with Crippen molar-refractivity contribution in [3.05, 3.63) is 29.8 Å². The van der Waals surface area contributed by atoms with Crippen molar-refractivity contribution in [1.82, 2.24) is 9.21 Å². The number of methoxy groups -OCH3 is 1. The second-order valence-electron chi connectivity index (χ2n) is 5.47. The summed E-state index contributed by atoms with van der Waals surface area (Å²) in [5, 5.41) is 0. The van der Waals surface area contributed by atoms with Gasteiger partial charge in [0.15, 0.2) is 0 Å². The van der Waals surface area contributed by atoms with Crippen LogP contribution in [0, 0.1) is 0 Å². The Labute approximate surface area is 147 Å². The third kappa shape index (κ3) is 4.56. The number of hydrogen-bond donors (Lipinski definition) is 0. The molecule has 25 heavy (non-hydrogen) atoms. The zero-order valence-corrected chi connectivity index (χ0v) is 15.1. The highest BCUT2D eigenvalue weighted by Gasteiger charge is 2.32. The minimum Gasteiger partial charge on any atom is -0.465 e. The van der Waals surface area contributed by atoms with Crippen LogP contribution in [-0.2, 0) is 24.3 Å². The molecule has 0 radical (unpaired) electrons. The summed E-state index contributed by atoms with van der Waals surface area (Å²) in [5.41, 5.74) is 0.0129. The Hall–Kier alpha value is -1.97. The fourth-order valence-electron chi connectivity index (χ4n) is 2.63. The average molecular weight is 370 g/mol. The molecule has 0 aromatic heterocycles. The van der Waals surface area contributed by atoms with Crippen molar-refractivity contribution in [2.75, 3.05) is 46.4 Å².